The molecule has 0 aromatic carbocycles. The molecule has 0 unspecified atom stereocenters. The van der Waals surface area contributed by atoms with E-state index in [9.17, 15) is 9.59 Å². The molecule has 2 heterocycles. The van der Waals surface area contributed by atoms with E-state index in [-0.39, 0.29) is 18.0 Å². The quantitative estimate of drug-likeness (QED) is 0.910. The summed E-state index contributed by atoms with van der Waals surface area (Å²) in [6, 6.07) is 0.0451. The summed E-state index contributed by atoms with van der Waals surface area (Å²) in [5.74, 6) is 0.0988. The van der Waals surface area contributed by atoms with Gasteiger partial charge in [-0.25, -0.2) is 9.78 Å². The average Bonchev–Trinajstić information content (AvgIpc) is 2.54. The van der Waals surface area contributed by atoms with E-state index in [1.54, 1.807) is 4.90 Å². The molecular weight excluding hydrogens is 284 g/mol. The molecule has 1 aromatic rings. The van der Waals surface area contributed by atoms with Gasteiger partial charge in [0.25, 0.3) is 5.91 Å². The summed E-state index contributed by atoms with van der Waals surface area (Å²) < 4.78 is 5.21. The highest BCUT2D eigenvalue weighted by Crippen LogP contribution is 2.12. The van der Waals surface area contributed by atoms with E-state index in [1.165, 1.54) is 18.6 Å². The van der Waals surface area contributed by atoms with Gasteiger partial charge < -0.3 is 15.0 Å². The molecule has 1 saturated heterocycles. The molecule has 1 aliphatic heterocycles. The Morgan fingerprint density at radius 1 is 1.36 bits per heavy atom. The first-order valence-corrected chi connectivity index (χ1v) is 7.55. The molecule has 1 N–H and O–H groups in total. The van der Waals surface area contributed by atoms with Crippen LogP contribution in [0.1, 0.15) is 37.2 Å². The van der Waals surface area contributed by atoms with Gasteiger partial charge in [-0.05, 0) is 18.8 Å². The van der Waals surface area contributed by atoms with Crippen molar-refractivity contribution >= 4 is 12.0 Å². The van der Waals surface area contributed by atoms with Gasteiger partial charge in [0.05, 0.1) is 12.8 Å². The molecule has 22 heavy (non-hydrogen) atoms. The van der Waals surface area contributed by atoms with Crippen LogP contribution in [-0.4, -0.2) is 52.6 Å². The fourth-order valence-corrected chi connectivity index (χ4v) is 2.21. The van der Waals surface area contributed by atoms with Crippen molar-refractivity contribution in [3.8, 4) is 0 Å². The molecule has 120 valence electrons. The zero-order chi connectivity index (χ0) is 15.9. The molecule has 7 nitrogen and oxygen atoms in total. The van der Waals surface area contributed by atoms with Gasteiger partial charge >= 0.3 is 6.09 Å². The summed E-state index contributed by atoms with van der Waals surface area (Å²) in [5, 5.41) is 2.92. The molecule has 2 rings (SSSR count). The third-order valence-electron chi connectivity index (χ3n) is 3.42. The number of nitrogens with zero attached hydrogens (tertiary/aromatic N) is 3. The zero-order valence-electron chi connectivity index (χ0n) is 13.0. The highest BCUT2D eigenvalue weighted by Gasteiger charge is 2.25. The summed E-state index contributed by atoms with van der Waals surface area (Å²) in [7, 11) is 0. The monoisotopic (exact) mass is 306 g/mol. The first-order chi connectivity index (χ1) is 10.6. The number of hydrogen-bond acceptors (Lipinski definition) is 5. The molecule has 0 spiro atoms. The van der Waals surface area contributed by atoms with Crippen molar-refractivity contribution < 1.29 is 14.3 Å². The Balaban J connectivity index is 1.75. The van der Waals surface area contributed by atoms with Crippen molar-refractivity contribution in [2.45, 2.75) is 32.7 Å². The number of amides is 2. The normalized spacial score (nSPS) is 15.7. The Bertz CT molecular complexity index is 499. The van der Waals surface area contributed by atoms with Gasteiger partial charge in [0, 0.05) is 31.5 Å². The number of nitrogens with one attached hydrogen (secondary N) is 1. The minimum atomic E-state index is -0.271. The van der Waals surface area contributed by atoms with Crippen molar-refractivity contribution in [3.05, 3.63) is 24.3 Å². The second-order valence-electron chi connectivity index (χ2n) is 5.80. The number of carbonyl (C=O) groups is 2. The lowest BCUT2D eigenvalue weighted by Crippen LogP contribution is -2.47. The maximum atomic E-state index is 12.0. The summed E-state index contributed by atoms with van der Waals surface area (Å²) in [6.07, 6.45) is 5.60. The SMILES string of the molecule is CC(C)COC(=O)N1CCC(NC(=O)c2cnccn2)CC1. The lowest BCUT2D eigenvalue weighted by Gasteiger charge is -2.31. The fraction of sp³-hybridized carbons (Fsp3) is 0.600. The van der Waals surface area contributed by atoms with Gasteiger partial charge in [-0.3, -0.25) is 9.78 Å². The van der Waals surface area contributed by atoms with Gasteiger partial charge in [-0.15, -0.1) is 0 Å². The summed E-state index contributed by atoms with van der Waals surface area (Å²) in [5.41, 5.74) is 0.307. The van der Waals surface area contributed by atoms with Crippen molar-refractivity contribution in [3.63, 3.8) is 0 Å². The molecule has 1 fully saturated rings. The Hall–Kier alpha value is -2.18. The number of hydrogen-bond donors (Lipinski definition) is 1. The third kappa shape index (κ3) is 4.68. The summed E-state index contributed by atoms with van der Waals surface area (Å²) in [4.78, 5) is 33.4. The molecule has 1 aliphatic rings. The second-order valence-corrected chi connectivity index (χ2v) is 5.80. The smallest absolute Gasteiger partial charge is 0.409 e. The predicted octanol–water partition coefficient (Wildman–Crippen LogP) is 1.46. The van der Waals surface area contributed by atoms with Crippen LogP contribution in [0.2, 0.25) is 0 Å². The maximum Gasteiger partial charge on any atom is 0.409 e. The van der Waals surface area contributed by atoms with Crippen molar-refractivity contribution in [2.24, 2.45) is 5.92 Å². The highest BCUT2D eigenvalue weighted by atomic mass is 16.6. The van der Waals surface area contributed by atoms with Gasteiger partial charge in [-0.2, -0.15) is 0 Å². The van der Waals surface area contributed by atoms with E-state index < -0.39 is 0 Å². The van der Waals surface area contributed by atoms with E-state index in [1.807, 2.05) is 13.8 Å². The van der Waals surface area contributed by atoms with Crippen molar-refractivity contribution in [1.82, 2.24) is 20.2 Å². The fourth-order valence-electron chi connectivity index (χ4n) is 2.21. The van der Waals surface area contributed by atoms with E-state index in [0.29, 0.717) is 44.1 Å². The van der Waals surface area contributed by atoms with Crippen LogP contribution >= 0.6 is 0 Å². The molecule has 0 radical (unpaired) electrons. The first-order valence-electron chi connectivity index (χ1n) is 7.55. The lowest BCUT2D eigenvalue weighted by molar-refractivity contribution is 0.0784. The lowest BCUT2D eigenvalue weighted by atomic mass is 10.1. The molecular formula is C15H22N4O3. The Morgan fingerprint density at radius 2 is 2.09 bits per heavy atom. The molecule has 2 amide bonds. The van der Waals surface area contributed by atoms with Crippen LogP contribution in [0, 0.1) is 5.92 Å². The van der Waals surface area contributed by atoms with Crippen LogP contribution in [0.4, 0.5) is 4.79 Å². The number of carbonyl (C=O) groups excluding carboxylic acids is 2. The zero-order valence-corrected chi connectivity index (χ0v) is 13.0. The van der Waals surface area contributed by atoms with E-state index in [2.05, 4.69) is 15.3 Å². The standard InChI is InChI=1S/C15H22N4O3/c1-11(2)10-22-15(21)19-7-3-12(4-8-19)18-14(20)13-9-16-5-6-17-13/h5-6,9,11-12H,3-4,7-8,10H2,1-2H3,(H,18,20). The number of ether oxygens (including phenoxy) is 1. The Kier molecular flexibility index (Phi) is 5.68. The van der Waals surface area contributed by atoms with Gasteiger partial charge in [0.15, 0.2) is 0 Å². The Morgan fingerprint density at radius 3 is 2.68 bits per heavy atom. The minimum absolute atomic E-state index is 0.0451. The first kappa shape index (κ1) is 16.2. The van der Waals surface area contributed by atoms with Crippen LogP contribution in [0.5, 0.6) is 0 Å². The molecule has 7 heteroatoms. The van der Waals surface area contributed by atoms with Crippen molar-refractivity contribution in [1.29, 1.82) is 0 Å². The van der Waals surface area contributed by atoms with Gasteiger partial charge in [-0.1, -0.05) is 13.8 Å². The van der Waals surface area contributed by atoms with Crippen LogP contribution in [0.25, 0.3) is 0 Å². The van der Waals surface area contributed by atoms with E-state index >= 15 is 0 Å². The van der Waals surface area contributed by atoms with Gasteiger partial charge in [0.1, 0.15) is 5.69 Å². The van der Waals surface area contributed by atoms with E-state index in [0.717, 1.165) is 0 Å². The minimum Gasteiger partial charge on any atom is -0.449 e. The molecule has 0 saturated carbocycles. The van der Waals surface area contributed by atoms with E-state index in [4.69, 9.17) is 4.74 Å². The Labute approximate surface area is 130 Å². The topological polar surface area (TPSA) is 84.4 Å². The van der Waals surface area contributed by atoms with Crippen LogP contribution < -0.4 is 5.32 Å². The van der Waals surface area contributed by atoms with Crippen LogP contribution in [-0.2, 0) is 4.74 Å². The number of rotatable bonds is 4. The number of aromatic nitrogens is 2. The summed E-state index contributed by atoms with van der Waals surface area (Å²) in [6.45, 7) is 5.61. The molecule has 0 bridgehead atoms. The molecule has 0 atom stereocenters. The summed E-state index contributed by atoms with van der Waals surface area (Å²) >= 11 is 0. The number of piperidine rings is 1. The van der Waals surface area contributed by atoms with Crippen molar-refractivity contribution in [2.75, 3.05) is 19.7 Å². The highest BCUT2D eigenvalue weighted by molar-refractivity contribution is 5.92. The average molecular weight is 306 g/mol. The predicted molar refractivity (Wildman–Crippen MR) is 80.3 cm³/mol. The largest absolute Gasteiger partial charge is 0.449 e. The number of likely N-dealkylation sites (tertiary alicyclic amines) is 1. The molecule has 0 aliphatic carbocycles. The third-order valence-corrected chi connectivity index (χ3v) is 3.42. The van der Waals surface area contributed by atoms with Crippen LogP contribution in [0.3, 0.4) is 0 Å². The maximum absolute atomic E-state index is 12.0. The van der Waals surface area contributed by atoms with Crippen LogP contribution in [0.15, 0.2) is 18.6 Å². The van der Waals surface area contributed by atoms with Gasteiger partial charge in [0.2, 0.25) is 0 Å². The second kappa shape index (κ2) is 7.72. The molecule has 1 aromatic heterocycles.